The van der Waals surface area contributed by atoms with Crippen LogP contribution in [0, 0.1) is 0 Å². The van der Waals surface area contributed by atoms with Crippen molar-refractivity contribution in [2.45, 2.75) is 0 Å². The Morgan fingerprint density at radius 3 is 2.55 bits per heavy atom. The van der Waals surface area contributed by atoms with Crippen molar-refractivity contribution in [3.05, 3.63) is 65.5 Å². The molecule has 3 N–H and O–H groups in total. The summed E-state index contributed by atoms with van der Waals surface area (Å²) >= 11 is 1.39. The third-order valence-corrected chi connectivity index (χ3v) is 5.48. The molecule has 4 aromatic rings. The van der Waals surface area contributed by atoms with Gasteiger partial charge >= 0.3 is 0 Å². The summed E-state index contributed by atoms with van der Waals surface area (Å²) in [5.74, 6) is -0.241. The van der Waals surface area contributed by atoms with Gasteiger partial charge in [0, 0.05) is 23.7 Å². The number of nitrogens with zero attached hydrogens (tertiary/aromatic N) is 2. The first kappa shape index (κ1) is 18.7. The lowest BCUT2D eigenvalue weighted by Crippen LogP contribution is -2.20. The zero-order valence-corrected chi connectivity index (χ0v) is 16.4. The molecule has 2 heterocycles. The zero-order chi connectivity index (χ0) is 20.4. The summed E-state index contributed by atoms with van der Waals surface area (Å²) in [6, 6.07) is 18.5. The number of nitrogens with two attached hydrogens (primary N) is 1. The van der Waals surface area contributed by atoms with E-state index in [-0.39, 0.29) is 12.5 Å². The summed E-state index contributed by atoms with van der Waals surface area (Å²) in [6.45, 7) is -0.189. The predicted molar refractivity (Wildman–Crippen MR) is 113 cm³/mol. The van der Waals surface area contributed by atoms with Gasteiger partial charge < -0.3 is 15.8 Å². The highest BCUT2D eigenvalue weighted by atomic mass is 32.1. The lowest BCUT2D eigenvalue weighted by molar-refractivity contribution is -0.119. The van der Waals surface area contributed by atoms with Crippen molar-refractivity contribution in [1.82, 2.24) is 9.78 Å². The lowest BCUT2D eigenvalue weighted by Gasteiger charge is -2.06. The largest absolute Gasteiger partial charge is 0.484 e. The van der Waals surface area contributed by atoms with Gasteiger partial charge in [-0.2, -0.15) is 5.10 Å². The Hall–Kier alpha value is -3.65. The standard InChI is InChI=1S/C21H18N4O3S/c1-25-21-16(19(24-25)13-5-3-2-4-6-13)11-17(29-21)20(27)23-14-7-9-15(10-8-14)28-12-18(22)26/h2-11H,12H2,1H3,(H2,22,26)(H,23,27). The van der Waals surface area contributed by atoms with E-state index in [9.17, 15) is 9.59 Å². The molecular formula is C21H18N4O3S. The number of nitrogens with one attached hydrogen (secondary N) is 1. The van der Waals surface area contributed by atoms with E-state index in [1.54, 1.807) is 28.9 Å². The molecule has 0 radical (unpaired) electrons. The number of carbonyl (C=O) groups excluding carboxylic acids is 2. The number of thiophene rings is 1. The molecule has 2 amide bonds. The highest BCUT2D eigenvalue weighted by Crippen LogP contribution is 2.33. The summed E-state index contributed by atoms with van der Waals surface area (Å²) in [4.78, 5) is 25.0. The minimum absolute atomic E-state index is 0.189. The van der Waals surface area contributed by atoms with E-state index in [0.717, 1.165) is 21.5 Å². The van der Waals surface area contributed by atoms with Crippen molar-refractivity contribution in [3.63, 3.8) is 0 Å². The van der Waals surface area contributed by atoms with E-state index in [4.69, 9.17) is 10.5 Å². The first-order valence-corrected chi connectivity index (χ1v) is 9.67. The van der Waals surface area contributed by atoms with Gasteiger partial charge in [-0.3, -0.25) is 14.3 Å². The van der Waals surface area contributed by atoms with Crippen molar-refractivity contribution in [2.24, 2.45) is 12.8 Å². The Labute approximate surface area is 170 Å². The molecule has 8 heteroatoms. The van der Waals surface area contributed by atoms with Crippen LogP contribution in [0.3, 0.4) is 0 Å². The van der Waals surface area contributed by atoms with Crippen LogP contribution in [-0.2, 0) is 11.8 Å². The van der Waals surface area contributed by atoms with E-state index in [2.05, 4.69) is 10.4 Å². The highest BCUT2D eigenvalue weighted by molar-refractivity contribution is 7.20. The maximum absolute atomic E-state index is 12.7. The molecular weight excluding hydrogens is 388 g/mol. The second kappa shape index (κ2) is 7.76. The molecule has 4 rings (SSSR count). The first-order valence-electron chi connectivity index (χ1n) is 8.86. The average molecular weight is 406 g/mol. The number of ether oxygens (including phenoxy) is 1. The molecule has 29 heavy (non-hydrogen) atoms. The van der Waals surface area contributed by atoms with Crippen LogP contribution in [0.25, 0.3) is 21.5 Å². The van der Waals surface area contributed by atoms with E-state index in [1.165, 1.54) is 11.3 Å². The quantitative estimate of drug-likeness (QED) is 0.512. The number of fused-ring (bicyclic) bond motifs is 1. The van der Waals surface area contributed by atoms with Crippen molar-refractivity contribution >= 4 is 39.1 Å². The van der Waals surface area contributed by atoms with Gasteiger partial charge in [0.15, 0.2) is 6.61 Å². The molecule has 0 spiro atoms. The van der Waals surface area contributed by atoms with Gasteiger partial charge in [-0.15, -0.1) is 11.3 Å². The van der Waals surface area contributed by atoms with Crippen molar-refractivity contribution in [3.8, 4) is 17.0 Å². The number of carbonyl (C=O) groups is 2. The van der Waals surface area contributed by atoms with Gasteiger partial charge in [-0.1, -0.05) is 30.3 Å². The third-order valence-electron chi connectivity index (χ3n) is 4.28. The summed E-state index contributed by atoms with van der Waals surface area (Å²) in [6.07, 6.45) is 0. The van der Waals surface area contributed by atoms with E-state index >= 15 is 0 Å². The smallest absolute Gasteiger partial charge is 0.265 e. The second-order valence-electron chi connectivity index (χ2n) is 6.40. The number of benzene rings is 2. The maximum atomic E-state index is 12.7. The van der Waals surface area contributed by atoms with E-state index < -0.39 is 5.91 Å². The number of primary amides is 1. The number of aromatic nitrogens is 2. The number of hydrogen-bond acceptors (Lipinski definition) is 5. The molecule has 7 nitrogen and oxygen atoms in total. The van der Waals surface area contributed by atoms with Crippen LogP contribution >= 0.6 is 11.3 Å². The van der Waals surface area contributed by atoms with Gasteiger partial charge in [0.25, 0.3) is 11.8 Å². The Kier molecular flexibility index (Phi) is 5.01. The number of hydrogen-bond donors (Lipinski definition) is 2. The molecule has 0 atom stereocenters. The number of anilines is 1. The van der Waals surface area contributed by atoms with Crippen LogP contribution in [0.5, 0.6) is 5.75 Å². The summed E-state index contributed by atoms with van der Waals surface area (Å²) in [5.41, 5.74) is 7.55. The van der Waals surface area contributed by atoms with Gasteiger partial charge in [0.2, 0.25) is 0 Å². The second-order valence-corrected chi connectivity index (χ2v) is 7.43. The molecule has 0 fully saturated rings. The minimum atomic E-state index is -0.545. The molecule has 0 unspecified atom stereocenters. The fourth-order valence-corrected chi connectivity index (χ4v) is 3.91. The molecule has 0 aliphatic rings. The van der Waals surface area contributed by atoms with Crippen molar-refractivity contribution in [2.75, 3.05) is 11.9 Å². The summed E-state index contributed by atoms with van der Waals surface area (Å²) in [5, 5.41) is 8.42. The van der Waals surface area contributed by atoms with Crippen LogP contribution < -0.4 is 15.8 Å². The van der Waals surface area contributed by atoms with Crippen LogP contribution in [0.2, 0.25) is 0 Å². The molecule has 2 aromatic carbocycles. The molecule has 0 aliphatic carbocycles. The van der Waals surface area contributed by atoms with Gasteiger partial charge in [-0.25, -0.2) is 0 Å². The number of amides is 2. The molecule has 0 saturated carbocycles. The fourth-order valence-electron chi connectivity index (χ4n) is 2.94. The Bertz CT molecular complexity index is 1180. The SMILES string of the molecule is Cn1nc(-c2ccccc2)c2cc(C(=O)Nc3ccc(OCC(N)=O)cc3)sc21. The van der Waals surface area contributed by atoms with Crippen LogP contribution in [-0.4, -0.2) is 28.2 Å². The van der Waals surface area contributed by atoms with Crippen molar-refractivity contribution < 1.29 is 14.3 Å². The molecule has 2 aromatic heterocycles. The lowest BCUT2D eigenvalue weighted by atomic mass is 10.1. The number of rotatable bonds is 6. The highest BCUT2D eigenvalue weighted by Gasteiger charge is 2.18. The molecule has 0 saturated heterocycles. The van der Waals surface area contributed by atoms with Crippen LogP contribution in [0.15, 0.2) is 60.7 Å². The van der Waals surface area contributed by atoms with Gasteiger partial charge in [0.05, 0.1) is 4.88 Å². The van der Waals surface area contributed by atoms with Crippen LogP contribution in [0.1, 0.15) is 9.67 Å². The van der Waals surface area contributed by atoms with Gasteiger partial charge in [-0.05, 0) is 30.3 Å². The molecule has 146 valence electrons. The Morgan fingerprint density at radius 2 is 1.86 bits per heavy atom. The van der Waals surface area contributed by atoms with E-state index in [0.29, 0.717) is 16.3 Å². The monoisotopic (exact) mass is 406 g/mol. The maximum Gasteiger partial charge on any atom is 0.265 e. The first-order chi connectivity index (χ1) is 14.0. The van der Waals surface area contributed by atoms with Crippen molar-refractivity contribution in [1.29, 1.82) is 0 Å². The minimum Gasteiger partial charge on any atom is -0.484 e. The van der Waals surface area contributed by atoms with Gasteiger partial charge in [0.1, 0.15) is 16.3 Å². The average Bonchev–Trinajstić information content (AvgIpc) is 3.29. The van der Waals surface area contributed by atoms with Crippen LogP contribution in [0.4, 0.5) is 5.69 Å². The Balaban J connectivity index is 1.54. The normalized spacial score (nSPS) is 10.8. The predicted octanol–water partition coefficient (Wildman–Crippen LogP) is 3.42. The van der Waals surface area contributed by atoms with E-state index in [1.807, 2.05) is 43.4 Å². The topological polar surface area (TPSA) is 99.2 Å². The fraction of sp³-hybridized carbons (Fsp3) is 0.0952. The summed E-state index contributed by atoms with van der Waals surface area (Å²) < 4.78 is 7.01. The third kappa shape index (κ3) is 3.97. The zero-order valence-electron chi connectivity index (χ0n) is 15.6. The Morgan fingerprint density at radius 1 is 1.14 bits per heavy atom. The molecule has 0 bridgehead atoms. The summed E-state index contributed by atoms with van der Waals surface area (Å²) in [7, 11) is 1.87. The molecule has 0 aliphatic heterocycles. The number of aryl methyl sites for hydroxylation is 1.